The van der Waals surface area contributed by atoms with Gasteiger partial charge in [0.1, 0.15) is 0 Å². The third-order valence-electron chi connectivity index (χ3n) is 2.91. The number of hydrogen-bond acceptors (Lipinski definition) is 3. The van der Waals surface area contributed by atoms with E-state index in [-0.39, 0.29) is 6.04 Å². The molecule has 0 aromatic heterocycles. The molecule has 0 aliphatic carbocycles. The minimum absolute atomic E-state index is 0.138. The lowest BCUT2D eigenvalue weighted by Crippen LogP contribution is -2.29. The molecule has 1 aromatic rings. The summed E-state index contributed by atoms with van der Waals surface area (Å²) in [5.74, 6) is -0.0330. The van der Waals surface area contributed by atoms with Crippen LogP contribution in [0.25, 0.3) is 0 Å². The summed E-state index contributed by atoms with van der Waals surface area (Å²) in [6.45, 7) is -3.04. The summed E-state index contributed by atoms with van der Waals surface area (Å²) in [6, 6.07) is 3.93. The van der Waals surface area contributed by atoms with Gasteiger partial charge in [0.15, 0.2) is 11.6 Å². The van der Waals surface area contributed by atoms with Crippen molar-refractivity contribution in [3.63, 3.8) is 0 Å². The number of hydrogen-bond donors (Lipinski definition) is 1. The Bertz CT molecular complexity index is 460. The van der Waals surface area contributed by atoms with Crippen LogP contribution in [0.5, 0.6) is 5.75 Å². The van der Waals surface area contributed by atoms with Crippen molar-refractivity contribution in [2.24, 2.45) is 0 Å². The Hall–Kier alpha value is -1.24. The van der Waals surface area contributed by atoms with Crippen LogP contribution in [0.1, 0.15) is 12.8 Å². The van der Waals surface area contributed by atoms with E-state index in [0.29, 0.717) is 17.2 Å². The van der Waals surface area contributed by atoms with Crippen molar-refractivity contribution in [2.45, 2.75) is 25.5 Å². The molecule has 0 spiro atoms. The quantitative estimate of drug-likeness (QED) is 0.927. The van der Waals surface area contributed by atoms with Crippen LogP contribution in [0.2, 0.25) is 0 Å². The van der Waals surface area contributed by atoms with Gasteiger partial charge in [-0.15, -0.1) is 0 Å². The minimum Gasteiger partial charge on any atom is -0.432 e. The van der Waals surface area contributed by atoms with Gasteiger partial charge in [0.05, 0.1) is 0 Å². The highest BCUT2D eigenvalue weighted by Gasteiger charge is 2.18. The fourth-order valence-corrected chi connectivity index (χ4v) is 3.25. The highest BCUT2D eigenvalue weighted by molar-refractivity contribution is 7.85. The lowest BCUT2D eigenvalue weighted by Gasteiger charge is -2.23. The number of rotatable bonds is 4. The van der Waals surface area contributed by atoms with E-state index in [9.17, 15) is 17.4 Å². The van der Waals surface area contributed by atoms with Crippen LogP contribution >= 0.6 is 0 Å². The maximum absolute atomic E-state index is 13.5. The van der Waals surface area contributed by atoms with Crippen LogP contribution < -0.4 is 10.1 Å². The Labute approximate surface area is 111 Å². The van der Waals surface area contributed by atoms with Crippen molar-refractivity contribution in [1.29, 1.82) is 0 Å². The summed E-state index contributed by atoms with van der Waals surface area (Å²) in [5.41, 5.74) is 0.511. The van der Waals surface area contributed by atoms with Gasteiger partial charge in [-0.25, -0.2) is 4.39 Å². The van der Waals surface area contributed by atoms with Gasteiger partial charge in [0.25, 0.3) is 0 Å². The molecule has 1 aliphatic rings. The Morgan fingerprint density at radius 1 is 1.32 bits per heavy atom. The Balaban J connectivity index is 1.98. The lowest BCUT2D eigenvalue weighted by atomic mass is 10.1. The molecule has 0 unspecified atom stereocenters. The second-order valence-electron chi connectivity index (χ2n) is 4.29. The van der Waals surface area contributed by atoms with E-state index in [4.69, 9.17) is 0 Å². The molecule has 1 saturated heterocycles. The molecule has 0 saturated carbocycles. The summed E-state index contributed by atoms with van der Waals surface area (Å²) in [4.78, 5) is 0. The van der Waals surface area contributed by atoms with Crippen molar-refractivity contribution >= 4 is 16.5 Å². The predicted molar refractivity (Wildman–Crippen MR) is 67.6 cm³/mol. The van der Waals surface area contributed by atoms with Crippen molar-refractivity contribution in [3.8, 4) is 5.75 Å². The lowest BCUT2D eigenvalue weighted by molar-refractivity contribution is -0.0521. The van der Waals surface area contributed by atoms with Crippen molar-refractivity contribution in [1.82, 2.24) is 0 Å². The summed E-state index contributed by atoms with van der Waals surface area (Å²) in [5, 5.41) is 3.11. The average Bonchev–Trinajstić information content (AvgIpc) is 2.35. The molecule has 0 radical (unpaired) electrons. The second-order valence-corrected chi connectivity index (χ2v) is 5.99. The Kier molecular flexibility index (Phi) is 4.68. The molecule has 0 amide bonds. The van der Waals surface area contributed by atoms with Crippen LogP contribution in [-0.4, -0.2) is 28.4 Å². The molecule has 19 heavy (non-hydrogen) atoms. The first kappa shape index (κ1) is 14.2. The molecule has 7 heteroatoms. The number of anilines is 1. The van der Waals surface area contributed by atoms with Crippen molar-refractivity contribution < 1.29 is 22.1 Å². The van der Waals surface area contributed by atoms with Gasteiger partial charge in [0, 0.05) is 40.1 Å². The summed E-state index contributed by atoms with van der Waals surface area (Å²) >= 11 is 0. The third-order valence-corrected chi connectivity index (χ3v) is 4.29. The predicted octanol–water partition coefficient (Wildman–Crippen LogP) is 2.75. The van der Waals surface area contributed by atoms with Crippen molar-refractivity contribution in [2.75, 3.05) is 16.8 Å². The molecule has 1 fully saturated rings. The highest BCUT2D eigenvalue weighted by Crippen LogP contribution is 2.24. The van der Waals surface area contributed by atoms with Crippen molar-refractivity contribution in [3.05, 3.63) is 24.0 Å². The topological polar surface area (TPSA) is 38.3 Å². The van der Waals surface area contributed by atoms with E-state index in [2.05, 4.69) is 10.1 Å². The third kappa shape index (κ3) is 4.12. The van der Waals surface area contributed by atoms with Crippen LogP contribution in [0.3, 0.4) is 0 Å². The van der Waals surface area contributed by atoms with Gasteiger partial charge in [-0.1, -0.05) is 0 Å². The Morgan fingerprint density at radius 2 is 2.00 bits per heavy atom. The van der Waals surface area contributed by atoms with Gasteiger partial charge in [-0.3, -0.25) is 4.21 Å². The standard InChI is InChI=1S/C12H14F3NO2S/c13-10-7-9(1-2-11(10)18-12(14)15)16-8-3-5-19(17)6-4-8/h1-2,7-8,12,16H,3-6H2. The number of halogens is 3. The van der Waals surface area contributed by atoms with E-state index >= 15 is 0 Å². The van der Waals surface area contributed by atoms with E-state index in [1.807, 2.05) is 0 Å². The average molecular weight is 293 g/mol. The second kappa shape index (κ2) is 6.27. The summed E-state index contributed by atoms with van der Waals surface area (Å²) in [6.07, 6.45) is 1.51. The summed E-state index contributed by atoms with van der Waals surface area (Å²) < 4.78 is 52.7. The van der Waals surface area contributed by atoms with E-state index < -0.39 is 29.0 Å². The van der Waals surface area contributed by atoms with Gasteiger partial charge in [-0.2, -0.15) is 8.78 Å². The first-order valence-corrected chi connectivity index (χ1v) is 7.39. The molecular weight excluding hydrogens is 279 g/mol. The van der Waals surface area contributed by atoms with E-state index in [1.54, 1.807) is 0 Å². The largest absolute Gasteiger partial charge is 0.432 e. The molecule has 1 aliphatic heterocycles. The molecule has 106 valence electrons. The Morgan fingerprint density at radius 3 is 2.58 bits per heavy atom. The van der Waals surface area contributed by atoms with Gasteiger partial charge in [0.2, 0.25) is 0 Å². The van der Waals surface area contributed by atoms with Gasteiger partial charge in [-0.05, 0) is 25.0 Å². The first-order chi connectivity index (χ1) is 9.04. The maximum Gasteiger partial charge on any atom is 0.387 e. The van der Waals surface area contributed by atoms with E-state index in [1.165, 1.54) is 12.1 Å². The molecule has 1 N–H and O–H groups in total. The van der Waals surface area contributed by atoms with Crippen LogP contribution in [-0.2, 0) is 10.8 Å². The number of alkyl halides is 2. The van der Waals surface area contributed by atoms with Crippen LogP contribution in [0, 0.1) is 5.82 Å². The fraction of sp³-hybridized carbons (Fsp3) is 0.500. The zero-order valence-corrected chi connectivity index (χ0v) is 10.9. The molecule has 0 bridgehead atoms. The van der Waals surface area contributed by atoms with Crippen LogP contribution in [0.4, 0.5) is 18.9 Å². The minimum atomic E-state index is -3.04. The maximum atomic E-state index is 13.5. The highest BCUT2D eigenvalue weighted by atomic mass is 32.2. The molecule has 1 aromatic carbocycles. The van der Waals surface area contributed by atoms with Crippen LogP contribution in [0.15, 0.2) is 18.2 Å². The molecule has 1 heterocycles. The first-order valence-electron chi connectivity index (χ1n) is 5.90. The monoisotopic (exact) mass is 293 g/mol. The molecule has 0 atom stereocenters. The SMILES string of the molecule is O=S1CCC(Nc2ccc(OC(F)F)c(F)c2)CC1. The number of nitrogens with one attached hydrogen (secondary N) is 1. The fourth-order valence-electron chi connectivity index (χ4n) is 1.96. The smallest absolute Gasteiger partial charge is 0.387 e. The molecular formula is C12H14F3NO2S. The summed E-state index contributed by atoms with van der Waals surface area (Å²) in [7, 11) is -0.751. The number of ether oxygens (including phenoxy) is 1. The zero-order valence-electron chi connectivity index (χ0n) is 10.1. The number of benzene rings is 1. The van der Waals surface area contributed by atoms with E-state index in [0.717, 1.165) is 18.9 Å². The molecule has 2 rings (SSSR count). The normalized spacial score (nSPS) is 23.4. The van der Waals surface area contributed by atoms with Gasteiger partial charge < -0.3 is 10.1 Å². The zero-order chi connectivity index (χ0) is 13.8. The van der Waals surface area contributed by atoms with Gasteiger partial charge >= 0.3 is 6.61 Å². The molecule has 3 nitrogen and oxygen atoms in total.